The topological polar surface area (TPSA) is 43.4 Å². The van der Waals surface area contributed by atoms with E-state index in [0.717, 1.165) is 11.1 Å². The molecule has 0 aliphatic carbocycles. The third-order valence-electron chi connectivity index (χ3n) is 2.33. The smallest absolute Gasteiger partial charge is 0.338 e. The van der Waals surface area contributed by atoms with Crippen LogP contribution >= 0.6 is 0 Å². The zero-order chi connectivity index (χ0) is 12.1. The lowest BCUT2D eigenvalue weighted by Gasteiger charge is -2.10. The predicted octanol–water partition coefficient (Wildman–Crippen LogP) is 2.30. The highest BCUT2D eigenvalue weighted by Crippen LogP contribution is 2.16. The Balaban J connectivity index is 3.11. The van der Waals surface area contributed by atoms with Gasteiger partial charge in [-0.2, -0.15) is 0 Å². The molecule has 16 heavy (non-hydrogen) atoms. The summed E-state index contributed by atoms with van der Waals surface area (Å²) in [6, 6.07) is 5.38. The Morgan fingerprint density at radius 3 is 2.56 bits per heavy atom. The monoisotopic (exact) mass is 220 g/mol. The van der Waals surface area contributed by atoms with Crippen molar-refractivity contribution < 1.29 is 14.3 Å². The minimum Gasteiger partial charge on any atom is -0.462 e. The Bertz CT molecular complexity index is 408. The molecule has 0 aliphatic rings. The molecule has 0 amide bonds. The van der Waals surface area contributed by atoms with Crippen molar-refractivity contribution >= 4 is 11.8 Å². The summed E-state index contributed by atoms with van der Waals surface area (Å²) < 4.78 is 4.95. The Morgan fingerprint density at radius 2 is 2.00 bits per heavy atom. The van der Waals surface area contributed by atoms with Crippen molar-refractivity contribution in [3.63, 3.8) is 0 Å². The van der Waals surface area contributed by atoms with E-state index in [1.54, 1.807) is 19.1 Å². The average molecular weight is 220 g/mol. The molecule has 0 aromatic heterocycles. The molecule has 0 saturated heterocycles. The molecule has 3 nitrogen and oxygen atoms in total. The summed E-state index contributed by atoms with van der Waals surface area (Å²) in [7, 11) is 0. The Morgan fingerprint density at radius 1 is 1.31 bits per heavy atom. The van der Waals surface area contributed by atoms with Gasteiger partial charge in [-0.15, -0.1) is 0 Å². The molecule has 1 aromatic rings. The second-order valence-electron chi connectivity index (χ2n) is 3.70. The largest absolute Gasteiger partial charge is 0.462 e. The highest BCUT2D eigenvalue weighted by Gasteiger charge is 2.14. The van der Waals surface area contributed by atoms with Gasteiger partial charge in [-0.05, 0) is 38.0 Å². The van der Waals surface area contributed by atoms with E-state index >= 15 is 0 Å². The highest BCUT2D eigenvalue weighted by molar-refractivity contribution is 5.93. The third kappa shape index (κ3) is 2.92. The van der Waals surface area contributed by atoms with Gasteiger partial charge in [-0.25, -0.2) is 4.79 Å². The Labute approximate surface area is 95.4 Å². The first-order valence-corrected chi connectivity index (χ1v) is 5.31. The molecule has 0 radical (unpaired) electrons. The summed E-state index contributed by atoms with van der Waals surface area (Å²) in [5.74, 6) is -0.317. The first-order valence-electron chi connectivity index (χ1n) is 5.31. The predicted molar refractivity (Wildman–Crippen MR) is 61.5 cm³/mol. The fourth-order valence-corrected chi connectivity index (χ4v) is 1.59. The maximum atomic E-state index is 11.7. The zero-order valence-electron chi connectivity index (χ0n) is 9.87. The lowest BCUT2D eigenvalue weighted by molar-refractivity contribution is -0.116. The first-order chi connectivity index (χ1) is 7.56. The number of carbonyl (C=O) groups excluding carboxylic acids is 2. The lowest BCUT2D eigenvalue weighted by Crippen LogP contribution is -2.11. The van der Waals surface area contributed by atoms with Gasteiger partial charge in [0.25, 0.3) is 0 Å². The highest BCUT2D eigenvalue weighted by atomic mass is 16.5. The van der Waals surface area contributed by atoms with E-state index in [2.05, 4.69) is 0 Å². The second kappa shape index (κ2) is 5.45. The third-order valence-corrected chi connectivity index (χ3v) is 2.33. The maximum Gasteiger partial charge on any atom is 0.338 e. The van der Waals surface area contributed by atoms with Crippen LogP contribution in [0.15, 0.2) is 18.2 Å². The van der Waals surface area contributed by atoms with Gasteiger partial charge in [0.1, 0.15) is 5.78 Å². The summed E-state index contributed by atoms with van der Waals surface area (Å²) in [5.41, 5.74) is 2.21. The van der Waals surface area contributed by atoms with Crippen molar-refractivity contribution in [1.29, 1.82) is 0 Å². The number of aryl methyl sites for hydroxylation is 1. The molecule has 0 bridgehead atoms. The standard InChI is InChI=1S/C13H16O3/c1-4-16-13(15)11-7-5-6-9(2)12(11)8-10(3)14/h5-7H,4,8H2,1-3H3. The van der Waals surface area contributed by atoms with E-state index in [1.807, 2.05) is 13.0 Å². The van der Waals surface area contributed by atoms with Crippen molar-refractivity contribution in [2.75, 3.05) is 6.61 Å². The van der Waals surface area contributed by atoms with E-state index in [1.165, 1.54) is 6.92 Å². The molecule has 0 saturated carbocycles. The quantitative estimate of drug-likeness (QED) is 0.731. The van der Waals surface area contributed by atoms with Crippen LogP contribution in [0.1, 0.15) is 35.3 Å². The molecule has 3 heteroatoms. The minimum atomic E-state index is -0.359. The van der Waals surface area contributed by atoms with E-state index in [4.69, 9.17) is 4.74 Å². The van der Waals surface area contributed by atoms with Gasteiger partial charge in [0.05, 0.1) is 12.2 Å². The van der Waals surface area contributed by atoms with E-state index in [9.17, 15) is 9.59 Å². The summed E-state index contributed by atoms with van der Waals surface area (Å²) in [5, 5.41) is 0. The molecule has 0 N–H and O–H groups in total. The number of ketones is 1. The maximum absolute atomic E-state index is 11.7. The SMILES string of the molecule is CCOC(=O)c1cccc(C)c1CC(C)=O. The van der Waals surface area contributed by atoms with Crippen LogP contribution in [-0.4, -0.2) is 18.4 Å². The number of esters is 1. The van der Waals surface area contributed by atoms with Crippen molar-refractivity contribution in [2.45, 2.75) is 27.2 Å². The van der Waals surface area contributed by atoms with Gasteiger partial charge in [-0.3, -0.25) is 4.79 Å². The van der Waals surface area contributed by atoms with Crippen molar-refractivity contribution in [1.82, 2.24) is 0 Å². The van der Waals surface area contributed by atoms with Crippen molar-refractivity contribution in [3.8, 4) is 0 Å². The first kappa shape index (κ1) is 12.4. The van der Waals surface area contributed by atoms with Crippen molar-refractivity contribution in [3.05, 3.63) is 34.9 Å². The number of hydrogen-bond acceptors (Lipinski definition) is 3. The van der Waals surface area contributed by atoms with Crippen LogP contribution in [0.3, 0.4) is 0 Å². The van der Waals surface area contributed by atoms with Crippen LogP contribution in [0.2, 0.25) is 0 Å². The molecule has 0 unspecified atom stereocenters. The number of hydrogen-bond donors (Lipinski definition) is 0. The van der Waals surface area contributed by atoms with Crippen molar-refractivity contribution in [2.24, 2.45) is 0 Å². The molecule has 0 aliphatic heterocycles. The van der Waals surface area contributed by atoms with Gasteiger partial charge < -0.3 is 4.74 Å². The molecular formula is C13H16O3. The van der Waals surface area contributed by atoms with E-state index in [-0.39, 0.29) is 18.2 Å². The zero-order valence-corrected chi connectivity index (χ0v) is 9.87. The molecule has 1 rings (SSSR count). The minimum absolute atomic E-state index is 0.0415. The molecule has 86 valence electrons. The fourth-order valence-electron chi connectivity index (χ4n) is 1.59. The summed E-state index contributed by atoms with van der Waals surface area (Å²) >= 11 is 0. The van der Waals surface area contributed by atoms with E-state index < -0.39 is 0 Å². The number of ether oxygens (including phenoxy) is 1. The number of rotatable bonds is 4. The molecular weight excluding hydrogens is 204 g/mol. The van der Waals surface area contributed by atoms with E-state index in [0.29, 0.717) is 12.2 Å². The fraction of sp³-hybridized carbons (Fsp3) is 0.385. The lowest BCUT2D eigenvalue weighted by atomic mass is 9.97. The van der Waals surface area contributed by atoms with Gasteiger partial charge in [-0.1, -0.05) is 12.1 Å². The van der Waals surface area contributed by atoms with Crippen LogP contribution < -0.4 is 0 Å². The van der Waals surface area contributed by atoms with Gasteiger partial charge >= 0.3 is 5.97 Å². The summed E-state index contributed by atoms with van der Waals surface area (Å²) in [6.07, 6.45) is 0.279. The molecule has 0 fully saturated rings. The van der Waals surface area contributed by atoms with Crippen LogP contribution in [0.25, 0.3) is 0 Å². The molecule has 0 atom stereocenters. The summed E-state index contributed by atoms with van der Waals surface area (Å²) in [6.45, 7) is 5.51. The Hall–Kier alpha value is -1.64. The summed E-state index contributed by atoms with van der Waals surface area (Å²) in [4.78, 5) is 22.8. The van der Waals surface area contributed by atoms with Gasteiger partial charge in [0, 0.05) is 6.42 Å². The van der Waals surface area contributed by atoms with Crippen LogP contribution in [-0.2, 0) is 16.0 Å². The molecule has 0 heterocycles. The average Bonchev–Trinajstić information content (AvgIpc) is 2.20. The Kier molecular flexibility index (Phi) is 4.23. The normalized spacial score (nSPS) is 9.94. The van der Waals surface area contributed by atoms with Crippen LogP contribution in [0, 0.1) is 6.92 Å². The van der Waals surface area contributed by atoms with Gasteiger partial charge in [0.2, 0.25) is 0 Å². The van der Waals surface area contributed by atoms with Gasteiger partial charge in [0.15, 0.2) is 0 Å². The number of Topliss-reactive ketones (excluding diaryl/α,β-unsaturated/α-hetero) is 1. The second-order valence-corrected chi connectivity index (χ2v) is 3.70. The molecule has 1 aromatic carbocycles. The number of benzene rings is 1. The van der Waals surface area contributed by atoms with Crippen LogP contribution in [0.4, 0.5) is 0 Å². The van der Waals surface area contributed by atoms with Crippen LogP contribution in [0.5, 0.6) is 0 Å². The molecule has 0 spiro atoms. The number of carbonyl (C=O) groups is 2.